The first kappa shape index (κ1) is 54.5. The summed E-state index contributed by atoms with van der Waals surface area (Å²) in [7, 11) is 0. The molecule has 0 aromatic heterocycles. The van der Waals surface area contributed by atoms with Crippen LogP contribution in [0, 0.1) is 21.4 Å². The monoisotopic (exact) mass is 1510 g/mol. The largest absolute Gasteiger partial charge is 0.395 e. The summed E-state index contributed by atoms with van der Waals surface area (Å²) in [6, 6.07) is -2.12. The Morgan fingerprint density at radius 2 is 0.797 bits per heavy atom. The zero-order chi connectivity index (χ0) is 44.7. The Hall–Kier alpha value is -0.680. The van der Waals surface area contributed by atoms with Crippen LogP contribution in [-0.4, -0.2) is 167 Å². The molecule has 2 atom stereocenters. The number of halogens is 6. The molecule has 12 N–H and O–H groups in total. The summed E-state index contributed by atoms with van der Waals surface area (Å²) in [5, 5.41) is 89.3. The number of hydrogen-bond acceptors (Lipinski definition) is 14. The lowest BCUT2D eigenvalue weighted by Gasteiger charge is -2.29. The molecule has 0 fully saturated rings. The number of rotatable bonds is 24. The predicted molar refractivity (Wildman–Crippen MR) is 262 cm³/mol. The molecule has 0 aliphatic heterocycles. The van der Waals surface area contributed by atoms with E-state index in [1.54, 1.807) is 136 Å². The Kier molecular flexibility index (Phi) is 24.8. The maximum absolute atomic E-state index is 13.5. The highest BCUT2D eigenvalue weighted by Crippen LogP contribution is 2.39. The lowest BCUT2D eigenvalue weighted by atomic mass is 10.0. The number of hydrogen-bond donors (Lipinski definition) is 12. The maximum atomic E-state index is 13.5. The molecule has 0 spiro atoms. The Balaban J connectivity index is 2.60. The smallest absolute Gasteiger partial charge is 0.253 e. The van der Waals surface area contributed by atoms with Gasteiger partial charge in [0.1, 0.15) is 0 Å². The number of carbonyl (C=O) groups is 6. The highest BCUT2D eigenvalue weighted by Gasteiger charge is 2.34. The number of aliphatic hydroxyl groups is 8. The van der Waals surface area contributed by atoms with Crippen molar-refractivity contribution in [3.8, 4) is 0 Å². The molecule has 0 radical (unpaired) electrons. The van der Waals surface area contributed by atoms with Crippen molar-refractivity contribution in [3.63, 3.8) is 0 Å². The van der Waals surface area contributed by atoms with Gasteiger partial charge in [-0.05, 0) is 136 Å². The van der Waals surface area contributed by atoms with Crippen molar-refractivity contribution in [1.82, 2.24) is 21.3 Å². The first-order valence-electron chi connectivity index (χ1n) is 17.0. The van der Waals surface area contributed by atoms with Crippen molar-refractivity contribution in [2.24, 2.45) is 0 Å². The van der Waals surface area contributed by atoms with Gasteiger partial charge in [-0.25, -0.2) is 0 Å². The Labute approximate surface area is 419 Å². The minimum Gasteiger partial charge on any atom is -0.395 e. The van der Waals surface area contributed by atoms with Gasteiger partial charge >= 0.3 is 0 Å². The number of anilines is 2. The van der Waals surface area contributed by atoms with Crippen LogP contribution in [0.3, 0.4) is 0 Å². The van der Waals surface area contributed by atoms with E-state index in [9.17, 15) is 69.6 Å². The maximum Gasteiger partial charge on any atom is 0.253 e. The van der Waals surface area contributed by atoms with Crippen LogP contribution in [0.4, 0.5) is 11.4 Å². The van der Waals surface area contributed by atoms with Crippen LogP contribution in [0.1, 0.15) is 47.9 Å². The fourth-order valence-corrected chi connectivity index (χ4v) is 14.8. The van der Waals surface area contributed by atoms with Crippen LogP contribution in [0.15, 0.2) is 0 Å². The van der Waals surface area contributed by atoms with Gasteiger partial charge in [0.25, 0.3) is 23.6 Å². The van der Waals surface area contributed by atoms with Crippen molar-refractivity contribution in [2.45, 2.75) is 30.7 Å². The molecule has 20 nitrogen and oxygen atoms in total. The molecule has 2 unspecified atom stereocenters. The molecule has 59 heavy (non-hydrogen) atoms. The third-order valence-electron chi connectivity index (χ3n) is 8.03. The van der Waals surface area contributed by atoms with Crippen molar-refractivity contribution < 1.29 is 69.6 Å². The average molecular weight is 1510 g/mol. The topological polar surface area (TPSA) is 319 Å². The fourth-order valence-electron chi connectivity index (χ4n) is 5.22. The molecule has 2 aromatic rings. The highest BCUT2D eigenvalue weighted by molar-refractivity contribution is 14.1. The summed E-state index contributed by atoms with van der Waals surface area (Å²) in [4.78, 5) is 80.9. The summed E-state index contributed by atoms with van der Waals surface area (Å²) in [6.45, 7) is -4.52. The average Bonchev–Trinajstić information content (AvgIpc) is 3.19. The van der Waals surface area contributed by atoms with Crippen molar-refractivity contribution >= 4 is 183 Å². The first-order valence-corrected chi connectivity index (χ1v) is 23.5. The lowest BCUT2D eigenvalue weighted by Crippen LogP contribution is -2.42. The van der Waals surface area contributed by atoms with Crippen molar-refractivity contribution in [3.05, 3.63) is 43.7 Å². The number of nitrogens with one attached hydrogen (secondary N) is 4. The van der Waals surface area contributed by atoms with Crippen LogP contribution in [-0.2, 0) is 9.59 Å². The second-order valence-corrected chi connectivity index (χ2v) is 18.6. The molecule has 26 heteroatoms. The van der Waals surface area contributed by atoms with E-state index >= 15 is 0 Å². The zero-order valence-electron chi connectivity index (χ0n) is 30.4. The second-order valence-electron chi connectivity index (χ2n) is 12.2. The van der Waals surface area contributed by atoms with Crippen molar-refractivity contribution in [1.29, 1.82) is 0 Å². The number of amides is 6. The van der Waals surface area contributed by atoms with Gasteiger partial charge in [0.05, 0.1) is 125 Å². The van der Waals surface area contributed by atoms with E-state index in [2.05, 4.69) is 21.3 Å². The Bertz CT molecular complexity index is 1730. The van der Waals surface area contributed by atoms with Crippen LogP contribution >= 0.6 is 136 Å². The van der Waals surface area contributed by atoms with Crippen LogP contribution in [0.25, 0.3) is 0 Å². The van der Waals surface area contributed by atoms with Gasteiger partial charge in [0, 0.05) is 26.7 Å². The van der Waals surface area contributed by atoms with E-state index < -0.39 is 107 Å². The van der Waals surface area contributed by atoms with E-state index in [-0.39, 0.29) is 68.1 Å². The summed E-state index contributed by atoms with van der Waals surface area (Å²) in [5.41, 5.74) is -0.218. The number of nitrogens with zero attached hydrogens (tertiary/aromatic N) is 2. The molecule has 0 heterocycles. The van der Waals surface area contributed by atoms with Gasteiger partial charge in [-0.1, -0.05) is 0 Å². The molecule has 0 saturated carbocycles. The number of aliphatic hydroxyl groups excluding tert-OH is 8. The van der Waals surface area contributed by atoms with E-state index in [0.717, 1.165) is 9.80 Å². The predicted octanol–water partition coefficient (Wildman–Crippen LogP) is -1.34. The number of carbonyl (C=O) groups excluding carboxylic acids is 6. The zero-order valence-corrected chi connectivity index (χ0v) is 43.4. The van der Waals surface area contributed by atoms with Gasteiger partial charge in [-0.3, -0.25) is 28.8 Å². The Morgan fingerprint density at radius 3 is 1.05 bits per heavy atom. The molecule has 0 aliphatic rings. The van der Waals surface area contributed by atoms with E-state index in [1.807, 2.05) is 0 Å². The molecular formula is C33H40I6N6O14. The first-order chi connectivity index (χ1) is 27.9. The highest BCUT2D eigenvalue weighted by atomic mass is 127. The molecule has 0 aliphatic carbocycles. The number of benzene rings is 2. The normalized spacial score (nSPS) is 12.2. The van der Waals surface area contributed by atoms with Gasteiger partial charge in [-0.15, -0.1) is 0 Å². The molecule has 0 bridgehead atoms. The third-order valence-corrected chi connectivity index (χ3v) is 14.4. The standard InChI is InChI=1S/C33H40I6N6O14/c34-22-18(30(56)40-1-3-46)24(36)28(26(38)20(22)32(58)42-14(8-48)9-49)44(12-52)6-16(54)5-17(55)7-45(13-53)29-25(37)19(31(57)41-2-4-47)23(35)21(27(29)39)33(59)43-15(10-50)11-51/h12-17,46-51,54-55H,1-11H2,(H,40,56)(H,41,57)(H,42,58)(H,43,59). The second kappa shape index (κ2) is 26.8. The minimum absolute atomic E-state index is 0.0268. The van der Waals surface area contributed by atoms with Crippen LogP contribution in [0.2, 0.25) is 0 Å². The van der Waals surface area contributed by atoms with Gasteiger partial charge < -0.3 is 71.9 Å². The summed E-state index contributed by atoms with van der Waals surface area (Å²) >= 11 is 10.7. The SMILES string of the molecule is O=CN(CC(O)CC(O)CN(C=O)c1c(I)c(C(=O)NCCO)c(I)c(C(=O)NC(CO)CO)c1I)c1c(I)c(C(=O)NCCO)c(I)c(C(=O)NC(CO)CO)c1I. The van der Waals surface area contributed by atoms with Gasteiger partial charge in [0.2, 0.25) is 12.8 Å². The van der Waals surface area contributed by atoms with E-state index in [0.29, 0.717) is 12.8 Å². The minimum atomic E-state index is -1.50. The lowest BCUT2D eigenvalue weighted by molar-refractivity contribution is -0.108. The molecule has 2 rings (SSSR count). The molecule has 328 valence electrons. The van der Waals surface area contributed by atoms with Gasteiger partial charge in [-0.2, -0.15) is 0 Å². The summed E-state index contributed by atoms with van der Waals surface area (Å²) in [6.07, 6.45) is -2.79. The summed E-state index contributed by atoms with van der Waals surface area (Å²) in [5.74, 6) is -3.00. The quantitative estimate of drug-likeness (QED) is 0.0428. The van der Waals surface area contributed by atoms with E-state index in [4.69, 9.17) is 0 Å². The molecule has 6 amide bonds. The third kappa shape index (κ3) is 14.2. The van der Waals surface area contributed by atoms with Crippen LogP contribution in [0.5, 0.6) is 0 Å². The van der Waals surface area contributed by atoms with Crippen molar-refractivity contribution in [2.75, 3.05) is 75.6 Å². The van der Waals surface area contributed by atoms with Gasteiger partial charge in [0.15, 0.2) is 0 Å². The van der Waals surface area contributed by atoms with Crippen LogP contribution < -0.4 is 31.1 Å². The summed E-state index contributed by atoms with van der Waals surface area (Å²) < 4.78 is 0.966. The molecule has 0 saturated heterocycles. The fraction of sp³-hybridized carbons (Fsp3) is 0.455. The molecule has 2 aromatic carbocycles. The molecular weight excluding hydrogens is 1470 g/mol. The van der Waals surface area contributed by atoms with E-state index in [1.165, 1.54) is 0 Å². The Morgan fingerprint density at radius 1 is 0.508 bits per heavy atom.